The fourth-order valence-electron chi connectivity index (χ4n) is 2.78. The van der Waals surface area contributed by atoms with Crippen LogP contribution in [0.15, 0.2) is 0 Å². The number of aliphatic hydroxyl groups excluding tert-OH is 1. The summed E-state index contributed by atoms with van der Waals surface area (Å²) in [6, 6.07) is -0.0689. The van der Waals surface area contributed by atoms with Gasteiger partial charge in [-0.3, -0.25) is 4.90 Å². The lowest BCUT2D eigenvalue weighted by molar-refractivity contribution is -0.209. The first-order valence-corrected chi connectivity index (χ1v) is 8.40. The van der Waals surface area contributed by atoms with Crippen LogP contribution in [-0.4, -0.2) is 71.1 Å². The molecule has 1 fully saturated rings. The Hall–Kier alpha value is -1.02. The average Bonchev–Trinajstić information content (AvgIpc) is 2.44. The Bertz CT molecular complexity index is 402. The Balaban J connectivity index is 2.57. The monoisotopic (exact) mass is 354 g/mol. The molecule has 1 unspecified atom stereocenters. The average molecular weight is 354 g/mol. The Morgan fingerprint density at radius 3 is 2.25 bits per heavy atom. The number of alkyl halides is 3. The number of hydrogen-bond acceptors (Lipinski definition) is 4. The zero-order valence-corrected chi connectivity index (χ0v) is 14.9. The van der Waals surface area contributed by atoms with Gasteiger partial charge in [0.2, 0.25) is 0 Å². The van der Waals surface area contributed by atoms with E-state index >= 15 is 0 Å². The second-order valence-electron chi connectivity index (χ2n) is 7.25. The predicted molar refractivity (Wildman–Crippen MR) is 84.8 cm³/mol. The summed E-state index contributed by atoms with van der Waals surface area (Å²) in [6.07, 6.45) is -5.49. The summed E-state index contributed by atoms with van der Waals surface area (Å²) in [5.74, 6) is 0. The highest BCUT2D eigenvalue weighted by atomic mass is 19.4. The molecule has 1 N–H and O–H groups in total. The Labute approximate surface area is 141 Å². The number of aliphatic hydroxyl groups is 1. The van der Waals surface area contributed by atoms with E-state index in [4.69, 9.17) is 4.74 Å². The minimum absolute atomic E-state index is 0.0689. The van der Waals surface area contributed by atoms with Crippen LogP contribution in [0.5, 0.6) is 0 Å². The maximum Gasteiger partial charge on any atom is 0.415 e. The molecule has 1 amide bonds. The van der Waals surface area contributed by atoms with Crippen LogP contribution < -0.4 is 0 Å². The molecule has 1 heterocycles. The quantitative estimate of drug-likeness (QED) is 0.825. The molecule has 0 saturated carbocycles. The first kappa shape index (κ1) is 21.0. The molecule has 0 bridgehead atoms. The molecule has 24 heavy (non-hydrogen) atoms. The Morgan fingerprint density at radius 1 is 1.29 bits per heavy atom. The van der Waals surface area contributed by atoms with Gasteiger partial charge in [0.05, 0.1) is 0 Å². The summed E-state index contributed by atoms with van der Waals surface area (Å²) >= 11 is 0. The summed E-state index contributed by atoms with van der Waals surface area (Å²) < 4.78 is 43.1. The molecule has 142 valence electrons. The van der Waals surface area contributed by atoms with Crippen molar-refractivity contribution in [3.63, 3.8) is 0 Å². The highest BCUT2D eigenvalue weighted by Gasteiger charge is 2.40. The van der Waals surface area contributed by atoms with Gasteiger partial charge in [-0.1, -0.05) is 6.92 Å². The van der Waals surface area contributed by atoms with Crippen molar-refractivity contribution in [2.45, 2.75) is 70.9 Å². The van der Waals surface area contributed by atoms with Crippen LogP contribution in [0, 0.1) is 0 Å². The number of carbonyl (C=O) groups is 1. The number of amides is 1. The maximum atomic E-state index is 12.6. The molecule has 0 aromatic heterocycles. The number of ether oxygens (including phenoxy) is 1. The van der Waals surface area contributed by atoms with Gasteiger partial charge in [-0.25, -0.2) is 4.79 Å². The predicted octanol–water partition coefficient (Wildman–Crippen LogP) is 3.02. The second kappa shape index (κ2) is 8.38. The third-order valence-corrected chi connectivity index (χ3v) is 3.93. The molecule has 0 aromatic carbocycles. The van der Waals surface area contributed by atoms with E-state index in [0.29, 0.717) is 38.9 Å². The van der Waals surface area contributed by atoms with Crippen molar-refractivity contribution in [3.8, 4) is 0 Å². The minimum Gasteiger partial charge on any atom is -0.444 e. The van der Waals surface area contributed by atoms with E-state index < -0.39 is 30.5 Å². The van der Waals surface area contributed by atoms with E-state index in [9.17, 15) is 23.1 Å². The Morgan fingerprint density at radius 2 is 1.83 bits per heavy atom. The van der Waals surface area contributed by atoms with Gasteiger partial charge < -0.3 is 14.7 Å². The van der Waals surface area contributed by atoms with E-state index in [-0.39, 0.29) is 6.04 Å². The first-order chi connectivity index (χ1) is 10.9. The minimum atomic E-state index is -4.61. The van der Waals surface area contributed by atoms with Crippen molar-refractivity contribution in [3.05, 3.63) is 0 Å². The summed E-state index contributed by atoms with van der Waals surface area (Å²) in [5.41, 5.74) is -0.570. The number of nitrogens with zero attached hydrogens (tertiary/aromatic N) is 2. The van der Waals surface area contributed by atoms with Gasteiger partial charge in [0.25, 0.3) is 0 Å². The van der Waals surface area contributed by atoms with E-state index in [0.717, 1.165) is 0 Å². The molecule has 0 radical (unpaired) electrons. The fourth-order valence-corrected chi connectivity index (χ4v) is 2.78. The molecule has 8 heteroatoms. The molecule has 0 aromatic rings. The fraction of sp³-hybridized carbons (Fsp3) is 0.938. The van der Waals surface area contributed by atoms with Crippen molar-refractivity contribution in [1.82, 2.24) is 9.80 Å². The van der Waals surface area contributed by atoms with Crippen LogP contribution in [0.4, 0.5) is 18.0 Å². The zero-order valence-electron chi connectivity index (χ0n) is 14.9. The molecule has 5 nitrogen and oxygen atoms in total. The largest absolute Gasteiger partial charge is 0.444 e. The van der Waals surface area contributed by atoms with Crippen LogP contribution in [-0.2, 0) is 4.74 Å². The second-order valence-corrected chi connectivity index (χ2v) is 7.25. The van der Waals surface area contributed by atoms with Crippen molar-refractivity contribution in [1.29, 1.82) is 0 Å². The van der Waals surface area contributed by atoms with E-state index in [2.05, 4.69) is 0 Å². The normalized spacial score (nSPS) is 18.8. The number of piperidine rings is 1. The topological polar surface area (TPSA) is 53.0 Å². The van der Waals surface area contributed by atoms with Crippen LogP contribution in [0.3, 0.4) is 0 Å². The molecule has 1 rings (SSSR count). The van der Waals surface area contributed by atoms with Crippen LogP contribution in [0.1, 0.15) is 47.0 Å². The SMILES string of the molecule is CCCN(CC(O)C(F)(F)F)C1CCN(C(=O)OC(C)(C)C)CC1. The molecule has 1 aliphatic heterocycles. The highest BCUT2D eigenvalue weighted by molar-refractivity contribution is 5.68. The standard InChI is InChI=1S/C16H29F3N2O3/c1-5-8-21(11-13(22)16(17,18)19)12-6-9-20(10-7-12)14(23)24-15(2,3)4/h12-13,22H,5-11H2,1-4H3. The van der Waals surface area contributed by atoms with Crippen molar-refractivity contribution in [2.24, 2.45) is 0 Å². The number of rotatable bonds is 5. The first-order valence-electron chi connectivity index (χ1n) is 8.40. The summed E-state index contributed by atoms with van der Waals surface area (Å²) in [5, 5.41) is 9.33. The van der Waals surface area contributed by atoms with Crippen LogP contribution >= 0.6 is 0 Å². The zero-order chi connectivity index (χ0) is 18.5. The van der Waals surface area contributed by atoms with Crippen molar-refractivity contribution in [2.75, 3.05) is 26.2 Å². The lowest BCUT2D eigenvalue weighted by atomic mass is 10.0. The molecular weight excluding hydrogens is 325 g/mol. The molecule has 0 aliphatic carbocycles. The number of likely N-dealkylation sites (tertiary alicyclic amines) is 1. The molecule has 0 spiro atoms. The lowest BCUT2D eigenvalue weighted by Gasteiger charge is -2.39. The third-order valence-electron chi connectivity index (χ3n) is 3.93. The van der Waals surface area contributed by atoms with Gasteiger partial charge in [-0.05, 0) is 46.6 Å². The van der Waals surface area contributed by atoms with Gasteiger partial charge in [0.1, 0.15) is 5.60 Å². The Kier molecular flexibility index (Phi) is 7.34. The smallest absolute Gasteiger partial charge is 0.415 e. The molecule has 1 saturated heterocycles. The van der Waals surface area contributed by atoms with E-state index in [1.807, 2.05) is 6.92 Å². The van der Waals surface area contributed by atoms with Gasteiger partial charge in [-0.2, -0.15) is 13.2 Å². The summed E-state index contributed by atoms with van der Waals surface area (Å²) in [7, 11) is 0. The van der Waals surface area contributed by atoms with E-state index in [1.165, 1.54) is 0 Å². The number of carbonyl (C=O) groups excluding carboxylic acids is 1. The lowest BCUT2D eigenvalue weighted by Crippen LogP contribution is -2.51. The van der Waals surface area contributed by atoms with Gasteiger partial charge in [-0.15, -0.1) is 0 Å². The summed E-state index contributed by atoms with van der Waals surface area (Å²) in [6.45, 7) is 8.22. The van der Waals surface area contributed by atoms with E-state index in [1.54, 1.807) is 30.6 Å². The number of halogens is 3. The van der Waals surface area contributed by atoms with Gasteiger partial charge in [0, 0.05) is 25.7 Å². The third kappa shape index (κ3) is 6.84. The molecule has 1 aliphatic rings. The number of hydrogen-bond donors (Lipinski definition) is 1. The molecule has 1 atom stereocenters. The van der Waals surface area contributed by atoms with Gasteiger partial charge >= 0.3 is 12.3 Å². The van der Waals surface area contributed by atoms with Crippen LogP contribution in [0.2, 0.25) is 0 Å². The van der Waals surface area contributed by atoms with Crippen LogP contribution in [0.25, 0.3) is 0 Å². The maximum absolute atomic E-state index is 12.6. The highest BCUT2D eigenvalue weighted by Crippen LogP contribution is 2.24. The molecular formula is C16H29F3N2O3. The summed E-state index contributed by atoms with van der Waals surface area (Å²) in [4.78, 5) is 15.3. The van der Waals surface area contributed by atoms with Crippen molar-refractivity contribution < 1.29 is 27.8 Å². The van der Waals surface area contributed by atoms with Gasteiger partial charge in [0.15, 0.2) is 6.10 Å². The van der Waals surface area contributed by atoms with Crippen molar-refractivity contribution >= 4 is 6.09 Å².